The molecule has 3 aromatic carbocycles. The Hall–Kier alpha value is -4.08. The average Bonchev–Trinajstić information content (AvgIpc) is 3.35. The van der Waals surface area contributed by atoms with Gasteiger partial charge in [-0.2, -0.15) is 0 Å². The Balaban J connectivity index is 0.975. The fourth-order valence-electron chi connectivity index (χ4n) is 5.46. The van der Waals surface area contributed by atoms with Gasteiger partial charge in [-0.3, -0.25) is 9.69 Å². The number of rotatable bonds is 11. The molecule has 43 heavy (non-hydrogen) atoms. The van der Waals surface area contributed by atoms with E-state index >= 15 is 0 Å². The molecule has 6 rings (SSSR count). The minimum atomic E-state index is -0.249. The number of para-hydroxylation sites is 1. The first-order valence-electron chi connectivity index (χ1n) is 14.8. The minimum absolute atomic E-state index is 0.245. The van der Waals surface area contributed by atoms with E-state index in [-0.39, 0.29) is 11.7 Å². The second kappa shape index (κ2) is 13.9. The van der Waals surface area contributed by atoms with Crippen molar-refractivity contribution in [1.29, 1.82) is 0 Å². The topological polar surface area (TPSA) is 67.2 Å². The van der Waals surface area contributed by atoms with Crippen molar-refractivity contribution < 1.29 is 9.18 Å². The van der Waals surface area contributed by atoms with Gasteiger partial charge in [0.05, 0.1) is 5.52 Å². The van der Waals surface area contributed by atoms with Gasteiger partial charge >= 0.3 is 0 Å². The van der Waals surface area contributed by atoms with Crippen molar-refractivity contribution in [2.45, 2.75) is 31.0 Å². The van der Waals surface area contributed by atoms with Gasteiger partial charge in [0.1, 0.15) is 11.3 Å². The summed E-state index contributed by atoms with van der Waals surface area (Å²) < 4.78 is 15.6. The van der Waals surface area contributed by atoms with E-state index < -0.39 is 0 Å². The van der Waals surface area contributed by atoms with E-state index in [0.29, 0.717) is 18.1 Å². The van der Waals surface area contributed by atoms with Crippen LogP contribution in [-0.2, 0) is 11.3 Å². The number of halogens is 1. The smallest absolute Gasteiger partial charge is 0.222 e. The van der Waals surface area contributed by atoms with Crippen LogP contribution in [0.1, 0.15) is 30.4 Å². The van der Waals surface area contributed by atoms with Crippen molar-refractivity contribution in [1.82, 2.24) is 29.5 Å². The number of carbonyl (C=O) groups excluding carboxylic acids is 1. The molecule has 1 aliphatic heterocycles. The first-order valence-corrected chi connectivity index (χ1v) is 15.8. The molecule has 1 fully saturated rings. The quantitative estimate of drug-likeness (QED) is 0.132. The summed E-state index contributed by atoms with van der Waals surface area (Å²) in [7, 11) is 0. The Morgan fingerprint density at radius 3 is 2.47 bits per heavy atom. The maximum Gasteiger partial charge on any atom is 0.222 e. The Kier molecular flexibility index (Phi) is 9.40. The summed E-state index contributed by atoms with van der Waals surface area (Å²) in [6, 6.07) is 24.9. The van der Waals surface area contributed by atoms with Crippen molar-refractivity contribution in [3.05, 3.63) is 102 Å². The molecule has 0 atom stereocenters. The molecule has 9 heteroatoms. The molecule has 0 spiro atoms. The number of thioether (sulfide) groups is 1. The molecule has 220 valence electrons. The highest BCUT2D eigenvalue weighted by Gasteiger charge is 2.20. The number of hydrogen-bond donors (Lipinski definition) is 0. The maximum absolute atomic E-state index is 13.5. The number of nitrogens with zero attached hydrogens (tertiary/aromatic N) is 6. The first kappa shape index (κ1) is 29.0. The molecule has 1 saturated heterocycles. The number of piperazine rings is 1. The SMILES string of the molecule is O=C(CCCCSc1nnc2c3ccccc3n(Cc3ccc(F)cc3)c2n1)N1CCN(C/C=C/c2ccccc2)CC1. The van der Waals surface area contributed by atoms with Crippen molar-refractivity contribution in [3.63, 3.8) is 0 Å². The van der Waals surface area contributed by atoms with E-state index in [2.05, 4.69) is 50.0 Å². The van der Waals surface area contributed by atoms with Crippen LogP contribution in [0, 0.1) is 5.82 Å². The van der Waals surface area contributed by atoms with Gasteiger partial charge in [0.25, 0.3) is 0 Å². The second-order valence-corrected chi connectivity index (χ2v) is 11.9. The molecule has 3 heterocycles. The Bertz CT molecular complexity index is 1700. The van der Waals surface area contributed by atoms with Crippen molar-refractivity contribution >= 4 is 45.8 Å². The fraction of sp³-hybridized carbons (Fsp3) is 0.294. The summed E-state index contributed by atoms with van der Waals surface area (Å²) in [5.74, 6) is 0.815. The summed E-state index contributed by atoms with van der Waals surface area (Å²) in [5.41, 5.74) is 4.76. The van der Waals surface area contributed by atoms with Crippen LogP contribution in [0.5, 0.6) is 0 Å². The lowest BCUT2D eigenvalue weighted by Crippen LogP contribution is -2.48. The van der Waals surface area contributed by atoms with Crippen LogP contribution >= 0.6 is 11.8 Å². The zero-order chi connectivity index (χ0) is 29.4. The number of hydrogen-bond acceptors (Lipinski definition) is 6. The van der Waals surface area contributed by atoms with Crippen LogP contribution in [0.25, 0.3) is 28.1 Å². The molecular formula is C34H35FN6OS. The van der Waals surface area contributed by atoms with Gasteiger partial charge in [0.15, 0.2) is 5.65 Å². The second-order valence-electron chi connectivity index (χ2n) is 10.8. The van der Waals surface area contributed by atoms with E-state index in [1.165, 1.54) is 17.7 Å². The molecule has 1 amide bonds. The van der Waals surface area contributed by atoms with Gasteiger partial charge in [-0.1, -0.05) is 84.6 Å². The number of benzene rings is 3. The van der Waals surface area contributed by atoms with Crippen molar-refractivity contribution in [3.8, 4) is 0 Å². The van der Waals surface area contributed by atoms with Gasteiger partial charge in [-0.15, -0.1) is 10.2 Å². The molecule has 7 nitrogen and oxygen atoms in total. The van der Waals surface area contributed by atoms with E-state index in [4.69, 9.17) is 4.98 Å². The number of aromatic nitrogens is 4. The molecule has 0 bridgehead atoms. The predicted molar refractivity (Wildman–Crippen MR) is 171 cm³/mol. The van der Waals surface area contributed by atoms with Crippen LogP contribution in [0.3, 0.4) is 0 Å². The molecule has 2 aromatic heterocycles. The van der Waals surface area contributed by atoms with Crippen molar-refractivity contribution in [2.75, 3.05) is 38.5 Å². The van der Waals surface area contributed by atoms with Crippen LogP contribution in [0.15, 0.2) is 90.1 Å². The summed E-state index contributed by atoms with van der Waals surface area (Å²) in [6.07, 6.45) is 6.67. The van der Waals surface area contributed by atoms with E-state index in [1.807, 2.05) is 41.3 Å². The number of carbonyl (C=O) groups is 1. The normalized spacial score (nSPS) is 14.3. The number of fused-ring (bicyclic) bond motifs is 3. The molecule has 1 aliphatic rings. The summed E-state index contributed by atoms with van der Waals surface area (Å²) >= 11 is 1.57. The fourth-order valence-corrected chi connectivity index (χ4v) is 6.25. The van der Waals surface area contributed by atoms with Gasteiger partial charge in [-0.05, 0) is 42.2 Å². The third kappa shape index (κ3) is 7.29. The van der Waals surface area contributed by atoms with E-state index in [9.17, 15) is 9.18 Å². The highest BCUT2D eigenvalue weighted by atomic mass is 32.2. The molecule has 5 aromatic rings. The zero-order valence-corrected chi connectivity index (χ0v) is 24.9. The van der Waals surface area contributed by atoms with Gasteiger partial charge in [0, 0.05) is 56.8 Å². The molecule has 0 unspecified atom stereocenters. The molecule has 0 N–H and O–H groups in total. The van der Waals surface area contributed by atoms with Crippen molar-refractivity contribution in [2.24, 2.45) is 0 Å². The molecule has 0 saturated carbocycles. The van der Waals surface area contributed by atoms with Crippen LogP contribution in [0.2, 0.25) is 0 Å². The molecular weight excluding hydrogens is 559 g/mol. The maximum atomic E-state index is 13.5. The highest BCUT2D eigenvalue weighted by molar-refractivity contribution is 7.99. The third-order valence-electron chi connectivity index (χ3n) is 7.82. The Labute approximate surface area is 255 Å². The lowest BCUT2D eigenvalue weighted by molar-refractivity contribution is -0.132. The summed E-state index contributed by atoms with van der Waals surface area (Å²) in [6.45, 7) is 4.87. The average molecular weight is 595 g/mol. The predicted octanol–water partition coefficient (Wildman–Crippen LogP) is 6.29. The summed E-state index contributed by atoms with van der Waals surface area (Å²) in [5, 5.41) is 10.5. The highest BCUT2D eigenvalue weighted by Crippen LogP contribution is 2.28. The van der Waals surface area contributed by atoms with E-state index in [1.54, 1.807) is 23.9 Å². The zero-order valence-electron chi connectivity index (χ0n) is 24.1. The minimum Gasteiger partial charge on any atom is -0.340 e. The largest absolute Gasteiger partial charge is 0.340 e. The number of amides is 1. The van der Waals surface area contributed by atoms with Gasteiger partial charge < -0.3 is 9.47 Å². The monoisotopic (exact) mass is 594 g/mol. The molecule has 0 radical (unpaired) electrons. The van der Waals surface area contributed by atoms with Crippen LogP contribution < -0.4 is 0 Å². The standard InChI is InChI=1S/C34H35FN6OS/c35-28-17-15-27(16-18-28)25-41-30-13-5-4-12-29(30)32-33(41)36-34(38-37-32)43-24-7-6-14-31(42)40-22-20-39(21-23-40)19-8-11-26-9-2-1-3-10-26/h1-5,8-13,15-18H,6-7,14,19-25H2/b11-8+. The number of unbranched alkanes of at least 4 members (excludes halogenated alkanes) is 1. The summed E-state index contributed by atoms with van der Waals surface area (Å²) in [4.78, 5) is 22.1. The van der Waals surface area contributed by atoms with E-state index in [0.717, 1.165) is 78.9 Å². The Morgan fingerprint density at radius 1 is 0.884 bits per heavy atom. The lowest BCUT2D eigenvalue weighted by atomic mass is 10.2. The van der Waals surface area contributed by atoms with Crippen LogP contribution in [0.4, 0.5) is 4.39 Å². The Morgan fingerprint density at radius 2 is 1.65 bits per heavy atom. The molecule has 0 aliphatic carbocycles. The van der Waals surface area contributed by atoms with Gasteiger partial charge in [0.2, 0.25) is 11.1 Å². The third-order valence-corrected chi connectivity index (χ3v) is 8.75. The van der Waals surface area contributed by atoms with Crippen LogP contribution in [-0.4, -0.2) is 73.9 Å². The first-order chi connectivity index (χ1) is 21.1. The van der Waals surface area contributed by atoms with Gasteiger partial charge in [-0.25, -0.2) is 9.37 Å². The lowest BCUT2D eigenvalue weighted by Gasteiger charge is -2.34.